The molecule has 1 fully saturated rings. The van der Waals surface area contributed by atoms with Crippen LogP contribution in [0.2, 0.25) is 0 Å². The lowest BCUT2D eigenvalue weighted by molar-refractivity contribution is -0.121. The van der Waals surface area contributed by atoms with Crippen LogP contribution in [-0.4, -0.2) is 41.5 Å². The Morgan fingerprint density at radius 3 is 2.56 bits per heavy atom. The van der Waals surface area contributed by atoms with Gasteiger partial charge >= 0.3 is 6.09 Å². The first-order valence-electron chi connectivity index (χ1n) is 8.35. The van der Waals surface area contributed by atoms with Crippen LogP contribution in [0, 0.1) is 5.92 Å². The quantitative estimate of drug-likeness (QED) is 0.876. The fourth-order valence-electron chi connectivity index (χ4n) is 2.73. The zero-order chi connectivity index (χ0) is 18.6. The van der Waals surface area contributed by atoms with E-state index in [0.717, 1.165) is 6.42 Å². The summed E-state index contributed by atoms with van der Waals surface area (Å²) in [7, 11) is 0. The number of piperidine rings is 1. The number of amides is 3. The van der Waals surface area contributed by atoms with E-state index in [4.69, 9.17) is 10.5 Å². The van der Waals surface area contributed by atoms with Gasteiger partial charge in [0.15, 0.2) is 0 Å². The van der Waals surface area contributed by atoms with Crippen molar-refractivity contribution in [2.24, 2.45) is 11.7 Å². The minimum Gasteiger partial charge on any atom is -0.444 e. The number of nitrogens with zero attached hydrogens (tertiary/aromatic N) is 1. The Bertz CT molecular complexity index is 667. The number of hydrogen-bond acceptors (Lipinski definition) is 4. The van der Waals surface area contributed by atoms with Gasteiger partial charge in [0.25, 0.3) is 5.91 Å². The molecule has 0 aromatic heterocycles. The summed E-state index contributed by atoms with van der Waals surface area (Å²) in [5.41, 5.74) is 5.40. The average molecular weight is 347 g/mol. The lowest BCUT2D eigenvalue weighted by atomic mass is 9.97. The smallest absolute Gasteiger partial charge is 0.410 e. The van der Waals surface area contributed by atoms with Crippen molar-refractivity contribution in [2.45, 2.75) is 39.2 Å². The molecule has 1 heterocycles. The number of nitrogens with two attached hydrogens (primary N) is 1. The van der Waals surface area contributed by atoms with Gasteiger partial charge in [-0.25, -0.2) is 4.79 Å². The maximum Gasteiger partial charge on any atom is 0.410 e. The average Bonchev–Trinajstić information content (AvgIpc) is 2.53. The monoisotopic (exact) mass is 347 g/mol. The predicted octanol–water partition coefficient (Wildman–Crippen LogP) is 2.37. The Labute approximate surface area is 147 Å². The summed E-state index contributed by atoms with van der Waals surface area (Å²) in [6.07, 6.45) is 0.973. The van der Waals surface area contributed by atoms with Gasteiger partial charge in [0.1, 0.15) is 5.60 Å². The number of rotatable bonds is 3. The zero-order valence-electron chi connectivity index (χ0n) is 14.9. The Hall–Kier alpha value is -2.57. The Morgan fingerprint density at radius 2 is 1.92 bits per heavy atom. The van der Waals surface area contributed by atoms with Gasteiger partial charge in [0, 0.05) is 13.1 Å². The molecule has 0 spiro atoms. The largest absolute Gasteiger partial charge is 0.444 e. The summed E-state index contributed by atoms with van der Waals surface area (Å²) in [4.78, 5) is 37.8. The minimum absolute atomic E-state index is 0.234. The zero-order valence-corrected chi connectivity index (χ0v) is 14.9. The summed E-state index contributed by atoms with van der Waals surface area (Å²) in [5.74, 6) is -1.20. The highest BCUT2D eigenvalue weighted by Crippen LogP contribution is 2.22. The van der Waals surface area contributed by atoms with Crippen LogP contribution in [0.1, 0.15) is 44.0 Å². The van der Waals surface area contributed by atoms with Gasteiger partial charge in [0.05, 0.1) is 17.2 Å². The molecule has 2 rings (SSSR count). The van der Waals surface area contributed by atoms with E-state index in [1.165, 1.54) is 0 Å². The summed E-state index contributed by atoms with van der Waals surface area (Å²) in [6, 6.07) is 6.59. The molecule has 1 saturated heterocycles. The van der Waals surface area contributed by atoms with Crippen molar-refractivity contribution in [2.75, 3.05) is 18.4 Å². The van der Waals surface area contributed by atoms with Gasteiger partial charge < -0.3 is 20.7 Å². The number of anilines is 1. The molecule has 1 aromatic carbocycles. The third kappa shape index (κ3) is 5.20. The van der Waals surface area contributed by atoms with Crippen molar-refractivity contribution in [3.05, 3.63) is 29.8 Å². The van der Waals surface area contributed by atoms with Crippen LogP contribution in [0.15, 0.2) is 24.3 Å². The third-order valence-corrected chi connectivity index (χ3v) is 3.89. The van der Waals surface area contributed by atoms with E-state index >= 15 is 0 Å². The highest BCUT2D eigenvalue weighted by Gasteiger charge is 2.31. The molecule has 0 radical (unpaired) electrons. The van der Waals surface area contributed by atoms with E-state index < -0.39 is 17.6 Å². The summed E-state index contributed by atoms with van der Waals surface area (Å²) >= 11 is 0. The number of nitrogens with one attached hydrogen (secondary N) is 1. The van der Waals surface area contributed by atoms with Crippen LogP contribution in [0.4, 0.5) is 10.5 Å². The first-order chi connectivity index (χ1) is 11.7. The summed E-state index contributed by atoms with van der Waals surface area (Å²) in [6.45, 7) is 6.27. The Kier molecular flexibility index (Phi) is 5.66. The third-order valence-electron chi connectivity index (χ3n) is 3.89. The highest BCUT2D eigenvalue weighted by atomic mass is 16.6. The second-order valence-corrected chi connectivity index (χ2v) is 7.16. The molecular weight excluding hydrogens is 322 g/mol. The number of carbonyl (C=O) groups excluding carboxylic acids is 3. The molecule has 1 aromatic rings. The fraction of sp³-hybridized carbons (Fsp3) is 0.500. The lowest BCUT2D eigenvalue weighted by Crippen LogP contribution is -2.45. The lowest BCUT2D eigenvalue weighted by Gasteiger charge is -2.33. The number of primary amides is 1. The molecule has 3 N–H and O–H groups in total. The normalized spacial score (nSPS) is 17.7. The number of ether oxygens (including phenoxy) is 1. The molecule has 1 atom stereocenters. The number of carbonyl (C=O) groups is 3. The maximum absolute atomic E-state index is 12.6. The van der Waals surface area contributed by atoms with Crippen LogP contribution < -0.4 is 11.1 Å². The van der Waals surface area contributed by atoms with Gasteiger partial charge in [-0.05, 0) is 45.7 Å². The van der Waals surface area contributed by atoms with Gasteiger partial charge in [-0.15, -0.1) is 0 Å². The van der Waals surface area contributed by atoms with Crippen molar-refractivity contribution < 1.29 is 19.1 Å². The summed E-state index contributed by atoms with van der Waals surface area (Å²) < 4.78 is 5.37. The number of hydrogen-bond donors (Lipinski definition) is 2. The maximum atomic E-state index is 12.6. The number of benzene rings is 1. The van der Waals surface area contributed by atoms with E-state index in [9.17, 15) is 14.4 Å². The van der Waals surface area contributed by atoms with Crippen molar-refractivity contribution in [3.63, 3.8) is 0 Å². The predicted molar refractivity (Wildman–Crippen MR) is 94.1 cm³/mol. The molecular formula is C18H25N3O4. The first kappa shape index (κ1) is 18.8. The second-order valence-electron chi connectivity index (χ2n) is 7.16. The van der Waals surface area contributed by atoms with E-state index in [1.807, 2.05) is 0 Å². The highest BCUT2D eigenvalue weighted by molar-refractivity contribution is 6.03. The molecule has 3 amide bonds. The van der Waals surface area contributed by atoms with Crippen LogP contribution in [0.5, 0.6) is 0 Å². The van der Waals surface area contributed by atoms with Crippen LogP contribution >= 0.6 is 0 Å². The number of para-hydroxylation sites is 1. The van der Waals surface area contributed by atoms with Gasteiger partial charge in [-0.3, -0.25) is 9.59 Å². The minimum atomic E-state index is -0.602. The Morgan fingerprint density at radius 1 is 1.24 bits per heavy atom. The first-order valence-corrected chi connectivity index (χ1v) is 8.35. The molecule has 0 saturated carbocycles. The molecule has 25 heavy (non-hydrogen) atoms. The van der Waals surface area contributed by atoms with Crippen LogP contribution in [-0.2, 0) is 9.53 Å². The molecule has 0 aliphatic carbocycles. The standard InChI is InChI=1S/C18H25N3O4/c1-18(2,3)25-17(24)21-10-6-7-12(11-21)16(23)20-14-9-5-4-8-13(14)15(19)22/h4-5,8-9,12H,6-7,10-11H2,1-3H3,(H2,19,22)(H,20,23)/t12-/m1/s1. The van der Waals surface area contributed by atoms with Crippen molar-refractivity contribution in [3.8, 4) is 0 Å². The van der Waals surface area contributed by atoms with E-state index in [2.05, 4.69) is 5.32 Å². The molecule has 1 aliphatic heterocycles. The fourth-order valence-corrected chi connectivity index (χ4v) is 2.73. The molecule has 136 valence electrons. The van der Waals surface area contributed by atoms with Crippen molar-refractivity contribution >= 4 is 23.6 Å². The van der Waals surface area contributed by atoms with E-state index in [-0.39, 0.29) is 17.4 Å². The molecule has 0 bridgehead atoms. The molecule has 0 unspecified atom stereocenters. The topological polar surface area (TPSA) is 102 Å². The molecule has 7 heteroatoms. The Balaban J connectivity index is 2.03. The van der Waals surface area contributed by atoms with Crippen LogP contribution in [0.25, 0.3) is 0 Å². The van der Waals surface area contributed by atoms with Gasteiger partial charge in [-0.1, -0.05) is 12.1 Å². The van der Waals surface area contributed by atoms with Gasteiger partial charge in [-0.2, -0.15) is 0 Å². The molecule has 7 nitrogen and oxygen atoms in total. The molecule has 1 aliphatic rings. The SMILES string of the molecule is CC(C)(C)OC(=O)N1CCC[C@@H](C(=O)Nc2ccccc2C(N)=O)C1. The van der Waals surface area contributed by atoms with Crippen LogP contribution in [0.3, 0.4) is 0 Å². The number of likely N-dealkylation sites (tertiary alicyclic amines) is 1. The van der Waals surface area contributed by atoms with E-state index in [0.29, 0.717) is 25.2 Å². The van der Waals surface area contributed by atoms with E-state index in [1.54, 1.807) is 49.9 Å². The van der Waals surface area contributed by atoms with Crippen molar-refractivity contribution in [1.29, 1.82) is 0 Å². The summed E-state index contributed by atoms with van der Waals surface area (Å²) in [5, 5.41) is 2.75. The van der Waals surface area contributed by atoms with Crippen molar-refractivity contribution in [1.82, 2.24) is 4.90 Å². The van der Waals surface area contributed by atoms with Gasteiger partial charge in [0.2, 0.25) is 5.91 Å². The second kappa shape index (κ2) is 7.55.